The summed E-state index contributed by atoms with van der Waals surface area (Å²) in [6.07, 6.45) is -0.790. The molecule has 0 saturated carbocycles. The Labute approximate surface area is 617 Å². The van der Waals surface area contributed by atoms with Crippen molar-refractivity contribution in [1.29, 1.82) is 0 Å². The number of aromatic hydroxyl groups is 3. The molecule has 45 nitrogen and oxygen atoms in total. The van der Waals surface area contributed by atoms with Crippen LogP contribution in [0.2, 0.25) is 0 Å². The number of carboxylic acids is 1. The number of nitrogen functional groups attached to an aromatic ring is 1. The van der Waals surface area contributed by atoms with Gasteiger partial charge in [-0.05, 0) is 110 Å². The van der Waals surface area contributed by atoms with E-state index in [1.54, 1.807) is 0 Å². The highest BCUT2D eigenvalue weighted by atomic mass is 32.2. The third-order valence-electron chi connectivity index (χ3n) is 15.0. The van der Waals surface area contributed by atoms with Gasteiger partial charge in [0, 0.05) is 46.5 Å². The van der Waals surface area contributed by atoms with Gasteiger partial charge in [0.1, 0.15) is 76.6 Å². The summed E-state index contributed by atoms with van der Waals surface area (Å²) in [7, 11) is -42.2. The van der Waals surface area contributed by atoms with E-state index in [4.69, 9.17) is 15.2 Å². The highest BCUT2D eigenvalue weighted by molar-refractivity contribution is 7.87. The minimum Gasteiger partial charge on any atom is -0.507 e. The SMILES string of the molecule is Cc1cc(/N=N\c2c(S(=O)(=O)O)cc3c(S(=O)(=O)O)c(N=Nc4cc(S(=O)(=O)O)c5cc(S(=O)(=O)O)c(/N=N\c6ccc([N+](=O)[O-])cc6C(=O)O)c(O)c5c4N)ccc3c2O)c(OCCCS(=O)(=O)O)cc1/N=N\c1cc(C)c(/N=N\c2cc(S(=O)(=O)O)cc3cc(S(=O)(=O)O)cc(O)c23)cc1OCCCS(=O)(=O)O. The number of non-ortho nitro benzene ring substituents is 1. The minimum atomic E-state index is -5.82. The van der Waals surface area contributed by atoms with E-state index in [0.717, 1.165) is 54.6 Å². The van der Waals surface area contributed by atoms with Gasteiger partial charge in [-0.1, -0.05) is 0 Å². The first-order chi connectivity index (χ1) is 50.7. The maximum Gasteiger partial charge on any atom is 0.338 e. The summed E-state index contributed by atoms with van der Waals surface area (Å²) in [6, 6.07) is 11.8. The van der Waals surface area contributed by atoms with Gasteiger partial charge in [-0.2, -0.15) is 77.6 Å². The fourth-order valence-corrected chi connectivity index (χ4v) is 15.0. The van der Waals surface area contributed by atoms with Crippen LogP contribution in [0.1, 0.15) is 34.3 Å². The van der Waals surface area contributed by atoms with Gasteiger partial charge >= 0.3 is 5.97 Å². The number of ether oxygens (including phenoxy) is 2. The summed E-state index contributed by atoms with van der Waals surface area (Å²) >= 11 is 0. The van der Waals surface area contributed by atoms with E-state index in [1.807, 2.05) is 0 Å². The highest BCUT2D eigenvalue weighted by Crippen LogP contribution is 2.51. The van der Waals surface area contributed by atoms with E-state index < -0.39 is 254 Å². The summed E-state index contributed by atoms with van der Waals surface area (Å²) in [6.45, 7) is 1.72. The molecule has 9 aromatic carbocycles. The van der Waals surface area contributed by atoms with Crippen LogP contribution in [0, 0.1) is 24.0 Å². The van der Waals surface area contributed by atoms with Gasteiger partial charge in [-0.15, -0.1) is 40.9 Å². The number of rotatable bonds is 28. The number of aryl methyl sites for hydroxylation is 2. The highest BCUT2D eigenvalue weighted by Gasteiger charge is 2.32. The van der Waals surface area contributed by atoms with E-state index >= 15 is 0 Å². The van der Waals surface area contributed by atoms with Crippen molar-refractivity contribution in [1.82, 2.24) is 0 Å². The standard InChI is InChI=1S/C57H48N12O33S8/c1-25-13-39(44(101-9-3-11-103(77,78)79)23-38(25)62-65-41-18-29(105(83,84)85)15-27-16-30(106(86,87)88)19-43(70)49(27)41)63-61-37-22-45(102-10-4-12-104(80,81)82)40(14-26(37)2)64-67-52-47(108(92,93)94)20-32-31(54(52)71)6-8-36(56(32)110(98,99)100)60-66-42-24-46(107(89,90)91)34-21-48(109(95,96)97)53(55(72)50(34)51(42)58)68-59-35-7-5-28(69(75)76)17-33(35)57(73)74/h5-8,13-24,70-72H,3-4,9-12,58H2,1-2H3,(H,73,74)(H,77,78,79)(H,80,81,82)(H,83,84,85)(H,86,87,88)(H,89,90,91)(H,92,93,94)(H,95,96,97)(H,98,99,100)/b63-61-,65-62-,66-60?,67-64-,68-59-. The minimum absolute atomic E-state index is 0.0581. The van der Waals surface area contributed by atoms with Gasteiger partial charge in [0.25, 0.3) is 86.6 Å². The largest absolute Gasteiger partial charge is 0.507 e. The van der Waals surface area contributed by atoms with Crippen molar-refractivity contribution >= 4 is 187 Å². The quantitative estimate of drug-likeness (QED) is 0.00541. The van der Waals surface area contributed by atoms with Gasteiger partial charge in [-0.3, -0.25) is 46.5 Å². The predicted octanol–water partition coefficient (Wildman–Crippen LogP) is 10.9. The fourth-order valence-electron chi connectivity index (χ4n) is 10.1. The number of anilines is 1. The molecule has 0 aliphatic rings. The lowest BCUT2D eigenvalue weighted by Crippen LogP contribution is -2.08. The molecule has 0 amide bonds. The first-order valence-electron chi connectivity index (χ1n) is 29.4. The topological polar surface area (TPSA) is 744 Å². The second-order valence-electron chi connectivity index (χ2n) is 22.7. The van der Waals surface area contributed by atoms with Gasteiger partial charge in [-0.25, -0.2) is 4.79 Å². The Morgan fingerprint density at radius 3 is 1.35 bits per heavy atom. The smallest absolute Gasteiger partial charge is 0.338 e. The first kappa shape index (κ1) is 82.8. The number of azo groups is 5. The van der Waals surface area contributed by atoms with Crippen LogP contribution in [0.25, 0.3) is 32.3 Å². The first-order valence-corrected chi connectivity index (χ1v) is 41.2. The van der Waals surface area contributed by atoms with E-state index in [0.29, 0.717) is 30.3 Å². The van der Waals surface area contributed by atoms with Crippen molar-refractivity contribution in [2.45, 2.75) is 56.1 Å². The number of nitro groups is 1. The van der Waals surface area contributed by atoms with Crippen molar-refractivity contribution < 1.29 is 143 Å². The summed E-state index contributed by atoms with van der Waals surface area (Å²) in [4.78, 5) is 14.8. The lowest BCUT2D eigenvalue weighted by molar-refractivity contribution is -0.384. The lowest BCUT2D eigenvalue weighted by atomic mass is 10.0. The zero-order chi connectivity index (χ0) is 81.7. The summed E-state index contributed by atoms with van der Waals surface area (Å²) in [5.74, 6) is -7.98. The van der Waals surface area contributed by atoms with Gasteiger partial charge in [0.2, 0.25) is 0 Å². The Hall–Kier alpha value is -11.3. The normalized spacial score (nSPS) is 13.2. The van der Waals surface area contributed by atoms with Crippen LogP contribution in [0.15, 0.2) is 178 Å². The molecule has 0 aliphatic heterocycles. The molecular formula is C57H48N12O33S8. The number of nitrogens with two attached hydrogens (primary N) is 1. The fraction of sp³-hybridized carbons (Fsp3) is 0.140. The monoisotopic (exact) mass is 1680 g/mol. The van der Waals surface area contributed by atoms with E-state index in [-0.39, 0.29) is 57.2 Å². The van der Waals surface area contributed by atoms with Crippen molar-refractivity contribution in [3.63, 3.8) is 0 Å². The van der Waals surface area contributed by atoms with E-state index in [9.17, 15) is 139 Å². The third-order valence-corrected chi connectivity index (χ3v) is 21.9. The molecule has 0 saturated heterocycles. The number of hydrogen-bond acceptors (Lipinski definition) is 35. The van der Waals surface area contributed by atoms with Crippen LogP contribution in [0.4, 0.5) is 68.2 Å². The number of hydrogen-bond donors (Lipinski definition) is 13. The summed E-state index contributed by atoms with van der Waals surface area (Å²) in [5, 5.41) is 89.5. The molecule has 0 atom stereocenters. The Kier molecular flexibility index (Phi) is 23.1. The number of phenols is 3. The number of nitro benzene ring substituents is 1. The molecule has 9 aromatic rings. The number of benzene rings is 9. The molecule has 53 heteroatoms. The van der Waals surface area contributed by atoms with E-state index in [1.165, 1.54) is 19.9 Å². The summed E-state index contributed by atoms with van der Waals surface area (Å²) < 4.78 is 291. The van der Waals surface area contributed by atoms with Crippen molar-refractivity contribution in [2.24, 2.45) is 51.1 Å². The van der Waals surface area contributed by atoms with Gasteiger partial charge < -0.3 is 35.6 Å². The van der Waals surface area contributed by atoms with Gasteiger partial charge in [0.15, 0.2) is 11.5 Å². The van der Waals surface area contributed by atoms with Crippen LogP contribution in [0.3, 0.4) is 0 Å². The Balaban J connectivity index is 1.14. The zero-order valence-electron chi connectivity index (χ0n) is 54.7. The third kappa shape index (κ3) is 19.0. The molecule has 0 aliphatic carbocycles. The molecular weight excluding hydrogens is 1640 g/mol. The number of fused-ring (bicyclic) bond motifs is 3. The van der Waals surface area contributed by atoms with Crippen LogP contribution >= 0.6 is 0 Å². The predicted molar refractivity (Wildman–Crippen MR) is 376 cm³/mol. The molecule has 110 heavy (non-hydrogen) atoms. The Morgan fingerprint density at radius 2 is 0.873 bits per heavy atom. The maximum absolute atomic E-state index is 13.4. The number of carboxylic acid groups (broad SMARTS) is 1. The van der Waals surface area contributed by atoms with Crippen LogP contribution in [-0.2, 0) is 80.9 Å². The Bertz CT molecular complexity index is 6620. The average molecular weight is 1690 g/mol. The molecule has 0 heterocycles. The number of nitrogens with zero attached hydrogens (tertiary/aromatic N) is 11. The maximum atomic E-state index is 13.4. The summed E-state index contributed by atoms with van der Waals surface area (Å²) in [5.41, 5.74) is -2.95. The van der Waals surface area contributed by atoms with Gasteiger partial charge in [0.05, 0.1) is 78.5 Å². The lowest BCUT2D eigenvalue weighted by Gasteiger charge is -2.15. The molecule has 0 spiro atoms. The Morgan fingerprint density at radius 1 is 0.436 bits per heavy atom. The molecule has 0 unspecified atom stereocenters. The van der Waals surface area contributed by atoms with Crippen LogP contribution in [0.5, 0.6) is 28.7 Å². The molecule has 0 bridgehead atoms. The second-order valence-corrected chi connectivity index (χ2v) is 34.2. The van der Waals surface area contributed by atoms with Crippen molar-refractivity contribution in [3.05, 3.63) is 124 Å². The number of aromatic carboxylic acids is 1. The van der Waals surface area contributed by atoms with E-state index in [2.05, 4.69) is 51.1 Å². The second kappa shape index (κ2) is 30.6. The van der Waals surface area contributed by atoms with Crippen LogP contribution in [-0.4, -0.2) is 160 Å². The average Bonchev–Trinajstić information content (AvgIpc) is 0.726. The molecule has 0 radical (unpaired) electrons. The number of carbonyl (C=O) groups is 1. The molecule has 0 fully saturated rings. The van der Waals surface area contributed by atoms with Crippen molar-refractivity contribution in [3.8, 4) is 28.7 Å². The molecule has 9 rings (SSSR count). The van der Waals surface area contributed by atoms with Crippen molar-refractivity contribution in [2.75, 3.05) is 30.5 Å². The number of phenolic OH excluding ortho intramolecular Hbond substituents is 3. The van der Waals surface area contributed by atoms with Crippen LogP contribution < -0.4 is 15.2 Å². The molecule has 14 N–H and O–H groups in total. The zero-order valence-corrected chi connectivity index (χ0v) is 61.2. The molecule has 582 valence electrons. The molecule has 0 aromatic heterocycles.